The highest BCUT2D eigenvalue weighted by Gasteiger charge is 2.30. The molecular formula is C14H20N4O. The summed E-state index contributed by atoms with van der Waals surface area (Å²) in [5.41, 5.74) is 0.760. The smallest absolute Gasteiger partial charge is 0.321 e. The summed E-state index contributed by atoms with van der Waals surface area (Å²) in [5.74, 6) is 0. The van der Waals surface area contributed by atoms with Gasteiger partial charge in [0, 0.05) is 38.4 Å². The number of rotatable bonds is 2. The normalized spacial score (nSPS) is 20.9. The van der Waals surface area contributed by atoms with E-state index < -0.39 is 0 Å². The molecule has 1 aromatic rings. The highest BCUT2D eigenvalue weighted by Crippen LogP contribution is 2.27. The summed E-state index contributed by atoms with van der Waals surface area (Å²) in [6.07, 6.45) is 7.11. The van der Waals surface area contributed by atoms with Crippen molar-refractivity contribution in [2.75, 3.05) is 31.5 Å². The van der Waals surface area contributed by atoms with Gasteiger partial charge in [-0.15, -0.1) is 0 Å². The molecule has 0 spiro atoms. The Kier molecular flexibility index (Phi) is 3.64. The van der Waals surface area contributed by atoms with Crippen molar-refractivity contribution in [1.29, 1.82) is 0 Å². The minimum atomic E-state index is -0.00866. The summed E-state index contributed by atoms with van der Waals surface area (Å²) < 4.78 is 0. The minimum absolute atomic E-state index is 0.00866. The molecule has 5 nitrogen and oxygen atoms in total. The summed E-state index contributed by atoms with van der Waals surface area (Å²) in [6, 6.07) is 4.47. The van der Waals surface area contributed by atoms with Crippen molar-refractivity contribution in [3.05, 3.63) is 24.5 Å². The van der Waals surface area contributed by atoms with Crippen LogP contribution >= 0.6 is 0 Å². The number of hydrogen-bond acceptors (Lipinski definition) is 3. The molecule has 2 aliphatic rings. The molecule has 5 heteroatoms. The van der Waals surface area contributed by atoms with Gasteiger partial charge in [-0.1, -0.05) is 0 Å². The first-order valence-corrected chi connectivity index (χ1v) is 7.03. The van der Waals surface area contributed by atoms with Crippen LogP contribution in [-0.2, 0) is 0 Å². The summed E-state index contributed by atoms with van der Waals surface area (Å²) in [6.45, 7) is 3.80. The number of carbonyl (C=O) groups excluding carboxylic acids is 1. The zero-order valence-electron chi connectivity index (χ0n) is 11.1. The van der Waals surface area contributed by atoms with Crippen molar-refractivity contribution in [2.24, 2.45) is 0 Å². The van der Waals surface area contributed by atoms with Crippen LogP contribution < -0.4 is 5.32 Å². The van der Waals surface area contributed by atoms with Crippen LogP contribution in [-0.4, -0.2) is 53.0 Å². The third-order valence-electron chi connectivity index (χ3n) is 3.79. The van der Waals surface area contributed by atoms with Crippen molar-refractivity contribution < 1.29 is 4.79 Å². The number of amides is 2. The lowest BCUT2D eigenvalue weighted by molar-refractivity contribution is 0.211. The average Bonchev–Trinajstić information content (AvgIpc) is 3.26. The van der Waals surface area contributed by atoms with Gasteiger partial charge in [-0.05, 0) is 31.4 Å². The van der Waals surface area contributed by atoms with Gasteiger partial charge in [0.05, 0.1) is 11.9 Å². The van der Waals surface area contributed by atoms with Crippen LogP contribution in [0.2, 0.25) is 0 Å². The molecule has 0 radical (unpaired) electrons. The lowest BCUT2D eigenvalue weighted by atomic mass is 10.4. The number of pyridine rings is 1. The van der Waals surface area contributed by atoms with Gasteiger partial charge in [0.1, 0.15) is 0 Å². The van der Waals surface area contributed by atoms with Crippen LogP contribution in [0.3, 0.4) is 0 Å². The van der Waals surface area contributed by atoms with Crippen LogP contribution in [0.15, 0.2) is 24.5 Å². The Bertz CT molecular complexity index is 432. The molecule has 2 amide bonds. The van der Waals surface area contributed by atoms with Crippen molar-refractivity contribution >= 4 is 11.7 Å². The first-order valence-electron chi connectivity index (χ1n) is 7.03. The molecule has 1 saturated carbocycles. The molecule has 102 valence electrons. The predicted octanol–water partition coefficient (Wildman–Crippen LogP) is 1.78. The highest BCUT2D eigenvalue weighted by atomic mass is 16.2. The van der Waals surface area contributed by atoms with Gasteiger partial charge in [-0.2, -0.15) is 0 Å². The van der Waals surface area contributed by atoms with E-state index in [1.54, 1.807) is 12.4 Å². The number of nitrogens with one attached hydrogen (secondary N) is 1. The Hall–Kier alpha value is -1.62. The highest BCUT2D eigenvalue weighted by molar-refractivity contribution is 5.89. The van der Waals surface area contributed by atoms with Crippen LogP contribution in [0.4, 0.5) is 10.5 Å². The topological polar surface area (TPSA) is 48.5 Å². The Labute approximate surface area is 113 Å². The first kappa shape index (κ1) is 12.4. The molecule has 1 N–H and O–H groups in total. The van der Waals surface area contributed by atoms with E-state index in [0.717, 1.165) is 44.3 Å². The van der Waals surface area contributed by atoms with Gasteiger partial charge < -0.3 is 10.2 Å². The molecule has 1 saturated heterocycles. The third-order valence-corrected chi connectivity index (χ3v) is 3.79. The number of carbonyl (C=O) groups is 1. The lowest BCUT2D eigenvalue weighted by Crippen LogP contribution is -2.38. The quantitative estimate of drug-likeness (QED) is 0.882. The number of anilines is 1. The van der Waals surface area contributed by atoms with E-state index in [0.29, 0.717) is 0 Å². The fourth-order valence-corrected chi connectivity index (χ4v) is 2.58. The van der Waals surface area contributed by atoms with Crippen molar-refractivity contribution in [2.45, 2.75) is 25.3 Å². The molecule has 0 bridgehead atoms. The van der Waals surface area contributed by atoms with Gasteiger partial charge in [-0.3, -0.25) is 9.88 Å². The maximum absolute atomic E-state index is 12.2. The second-order valence-corrected chi connectivity index (χ2v) is 5.28. The molecule has 0 aromatic carbocycles. The number of urea groups is 1. The van der Waals surface area contributed by atoms with Crippen LogP contribution in [0, 0.1) is 0 Å². The lowest BCUT2D eigenvalue weighted by Gasteiger charge is -2.22. The SMILES string of the molecule is O=C(Nc1cccnc1)N1CCCN(C2CC2)CC1. The maximum Gasteiger partial charge on any atom is 0.321 e. The molecule has 1 aromatic heterocycles. The van der Waals surface area contributed by atoms with Gasteiger partial charge >= 0.3 is 6.03 Å². The first-order chi connectivity index (χ1) is 9.33. The van der Waals surface area contributed by atoms with Gasteiger partial charge in [0.25, 0.3) is 0 Å². The third kappa shape index (κ3) is 3.23. The Morgan fingerprint density at radius 1 is 1.26 bits per heavy atom. The molecular weight excluding hydrogens is 240 g/mol. The van der Waals surface area contributed by atoms with Gasteiger partial charge in [-0.25, -0.2) is 4.79 Å². The fraction of sp³-hybridized carbons (Fsp3) is 0.571. The van der Waals surface area contributed by atoms with Crippen LogP contribution in [0.25, 0.3) is 0 Å². The van der Waals surface area contributed by atoms with E-state index >= 15 is 0 Å². The summed E-state index contributed by atoms with van der Waals surface area (Å²) in [5, 5.41) is 2.91. The van der Waals surface area contributed by atoms with E-state index in [1.807, 2.05) is 17.0 Å². The molecule has 0 atom stereocenters. The minimum Gasteiger partial charge on any atom is -0.323 e. The van der Waals surface area contributed by atoms with E-state index in [-0.39, 0.29) is 6.03 Å². The molecule has 0 unspecified atom stereocenters. The molecule has 1 aliphatic carbocycles. The fourth-order valence-electron chi connectivity index (χ4n) is 2.58. The van der Waals surface area contributed by atoms with Crippen LogP contribution in [0.1, 0.15) is 19.3 Å². The Balaban J connectivity index is 1.54. The van der Waals surface area contributed by atoms with E-state index in [9.17, 15) is 4.79 Å². The zero-order chi connectivity index (χ0) is 13.1. The maximum atomic E-state index is 12.2. The van der Waals surface area contributed by atoms with Gasteiger partial charge in [0.2, 0.25) is 0 Å². The second kappa shape index (κ2) is 5.57. The van der Waals surface area contributed by atoms with Crippen molar-refractivity contribution in [3.8, 4) is 0 Å². The monoisotopic (exact) mass is 260 g/mol. The number of hydrogen-bond donors (Lipinski definition) is 1. The van der Waals surface area contributed by atoms with E-state index in [1.165, 1.54) is 12.8 Å². The molecule has 19 heavy (non-hydrogen) atoms. The largest absolute Gasteiger partial charge is 0.323 e. The van der Waals surface area contributed by atoms with Crippen molar-refractivity contribution in [3.63, 3.8) is 0 Å². The number of aromatic nitrogens is 1. The summed E-state index contributed by atoms with van der Waals surface area (Å²) >= 11 is 0. The number of nitrogens with zero attached hydrogens (tertiary/aromatic N) is 3. The summed E-state index contributed by atoms with van der Waals surface area (Å²) in [4.78, 5) is 20.6. The van der Waals surface area contributed by atoms with E-state index in [4.69, 9.17) is 0 Å². The Morgan fingerprint density at radius 2 is 2.16 bits per heavy atom. The molecule has 2 heterocycles. The second-order valence-electron chi connectivity index (χ2n) is 5.28. The standard InChI is InChI=1S/C14H20N4O/c19-14(16-12-3-1-6-15-11-12)18-8-2-7-17(9-10-18)13-4-5-13/h1,3,6,11,13H,2,4-5,7-10H2,(H,16,19). The summed E-state index contributed by atoms with van der Waals surface area (Å²) in [7, 11) is 0. The van der Waals surface area contributed by atoms with Gasteiger partial charge in [0.15, 0.2) is 0 Å². The molecule has 1 aliphatic heterocycles. The van der Waals surface area contributed by atoms with E-state index in [2.05, 4.69) is 15.2 Å². The zero-order valence-corrected chi connectivity index (χ0v) is 11.1. The predicted molar refractivity (Wildman–Crippen MR) is 74.0 cm³/mol. The molecule has 2 fully saturated rings. The average molecular weight is 260 g/mol. The Morgan fingerprint density at radius 3 is 2.89 bits per heavy atom. The van der Waals surface area contributed by atoms with Crippen molar-refractivity contribution in [1.82, 2.24) is 14.8 Å². The molecule has 3 rings (SSSR count). The van der Waals surface area contributed by atoms with Crippen LogP contribution in [0.5, 0.6) is 0 Å².